The summed E-state index contributed by atoms with van der Waals surface area (Å²) in [6.45, 7) is 0. The fraction of sp³-hybridized carbons (Fsp3) is 0.133. The molecule has 2 heterocycles. The van der Waals surface area contributed by atoms with Crippen molar-refractivity contribution in [3.63, 3.8) is 0 Å². The van der Waals surface area contributed by atoms with Crippen molar-refractivity contribution in [2.24, 2.45) is 4.99 Å². The maximum absolute atomic E-state index is 13.8. The number of rotatable bonds is 3. The summed E-state index contributed by atoms with van der Waals surface area (Å²) in [5.74, 6) is -0.606. The number of allylic oxidation sites excluding steroid dienone is 2. The molecule has 3 aromatic carbocycles. The van der Waals surface area contributed by atoms with Gasteiger partial charge in [-0.3, -0.25) is 9.36 Å². The molecule has 0 saturated carbocycles. The summed E-state index contributed by atoms with van der Waals surface area (Å²) in [5.41, 5.74) is 5.43. The highest BCUT2D eigenvalue weighted by Gasteiger charge is 2.32. The predicted octanol–water partition coefficient (Wildman–Crippen LogP) is 6.41. The minimum atomic E-state index is -0.379. The highest BCUT2D eigenvalue weighted by molar-refractivity contribution is 7.07. The van der Waals surface area contributed by atoms with Crippen molar-refractivity contribution in [3.05, 3.63) is 143 Å². The molecule has 4 aromatic rings. The van der Waals surface area contributed by atoms with E-state index < -0.39 is 0 Å². The molecular formula is C30H21ClF2N2OS. The molecule has 1 aliphatic heterocycles. The van der Waals surface area contributed by atoms with E-state index in [0.717, 1.165) is 52.8 Å². The smallest absolute Gasteiger partial charge is 0.271 e. The Morgan fingerprint density at radius 2 is 1.49 bits per heavy atom. The zero-order valence-corrected chi connectivity index (χ0v) is 21.2. The number of benzene rings is 3. The van der Waals surface area contributed by atoms with Crippen LogP contribution in [0.2, 0.25) is 5.02 Å². The van der Waals surface area contributed by atoms with Crippen molar-refractivity contribution in [1.29, 1.82) is 0 Å². The fourth-order valence-electron chi connectivity index (χ4n) is 4.97. The SMILES string of the molecule is O=c1/c(=C\c2ccc(Cl)cc2)sc2n1[C@H](c1ccc(F)cc1)C1=C(N=2)/C(=C/c2ccc(F)cc2)CCC1. The van der Waals surface area contributed by atoms with Crippen LogP contribution in [-0.2, 0) is 0 Å². The molecule has 0 fully saturated rings. The first-order valence-corrected chi connectivity index (χ1v) is 13.2. The molecule has 3 nitrogen and oxygen atoms in total. The molecular weight excluding hydrogens is 510 g/mol. The van der Waals surface area contributed by atoms with E-state index in [1.807, 2.05) is 24.3 Å². The maximum atomic E-state index is 13.8. The molecule has 37 heavy (non-hydrogen) atoms. The third-order valence-corrected chi connectivity index (χ3v) is 7.93. The first-order valence-electron chi connectivity index (χ1n) is 12.0. The summed E-state index contributed by atoms with van der Waals surface area (Å²) in [6, 6.07) is 19.7. The molecule has 0 N–H and O–H groups in total. The minimum absolute atomic E-state index is 0.130. The average molecular weight is 531 g/mol. The summed E-state index contributed by atoms with van der Waals surface area (Å²) < 4.78 is 29.6. The summed E-state index contributed by atoms with van der Waals surface area (Å²) in [7, 11) is 0. The molecule has 0 unspecified atom stereocenters. The molecule has 0 spiro atoms. The lowest BCUT2D eigenvalue weighted by Crippen LogP contribution is -2.39. The van der Waals surface area contributed by atoms with Crippen LogP contribution in [0.4, 0.5) is 8.78 Å². The standard InChI is InChI=1S/C30H21ClF2N2OS/c31-22-10-4-19(5-11-22)17-26-29(36)35-28(20-8-14-24(33)15-9-20)25-3-1-2-21(27(25)34-30(35)37-26)16-18-6-12-23(32)13-7-18/h4-17,28H,1-3H2/b21-16+,26-17+/t28-/m1/s1. The van der Waals surface area contributed by atoms with Crippen molar-refractivity contribution in [2.45, 2.75) is 25.3 Å². The normalized spacial score (nSPS) is 18.5. The van der Waals surface area contributed by atoms with Crippen molar-refractivity contribution >= 4 is 35.1 Å². The lowest BCUT2D eigenvalue weighted by Gasteiger charge is -2.31. The van der Waals surface area contributed by atoms with Crippen LogP contribution in [0.25, 0.3) is 12.2 Å². The molecule has 184 valence electrons. The molecule has 1 aliphatic carbocycles. The Hall–Kier alpha value is -3.61. The number of fused-ring (bicyclic) bond motifs is 1. The molecule has 7 heteroatoms. The number of thiazole rings is 1. The van der Waals surface area contributed by atoms with Gasteiger partial charge in [-0.25, -0.2) is 13.8 Å². The van der Waals surface area contributed by atoms with Crippen LogP contribution >= 0.6 is 22.9 Å². The number of hydrogen-bond acceptors (Lipinski definition) is 3. The zero-order chi connectivity index (χ0) is 25.5. The number of nitrogens with zero attached hydrogens (tertiary/aromatic N) is 2. The lowest BCUT2D eigenvalue weighted by molar-refractivity contribution is 0.551. The highest BCUT2D eigenvalue weighted by Crippen LogP contribution is 2.41. The van der Waals surface area contributed by atoms with Crippen LogP contribution in [-0.4, -0.2) is 4.57 Å². The Labute approximate surface area is 221 Å². The third kappa shape index (κ3) is 4.63. The summed E-state index contributed by atoms with van der Waals surface area (Å²) >= 11 is 7.37. The van der Waals surface area contributed by atoms with E-state index in [0.29, 0.717) is 14.4 Å². The summed E-state index contributed by atoms with van der Waals surface area (Å²) in [4.78, 5) is 19.3. The first-order chi connectivity index (χ1) is 18.0. The van der Waals surface area contributed by atoms with Crippen LogP contribution in [0, 0.1) is 11.6 Å². The van der Waals surface area contributed by atoms with E-state index in [4.69, 9.17) is 16.6 Å². The predicted molar refractivity (Wildman–Crippen MR) is 144 cm³/mol. The second-order valence-electron chi connectivity index (χ2n) is 9.13. The van der Waals surface area contributed by atoms with Gasteiger partial charge in [-0.2, -0.15) is 0 Å². The minimum Gasteiger partial charge on any atom is -0.272 e. The lowest BCUT2D eigenvalue weighted by atomic mass is 9.84. The fourth-order valence-corrected chi connectivity index (χ4v) is 6.10. The van der Waals surface area contributed by atoms with Crippen molar-refractivity contribution in [1.82, 2.24) is 4.57 Å². The molecule has 1 aromatic heterocycles. The van der Waals surface area contributed by atoms with E-state index in [1.54, 1.807) is 41.0 Å². The largest absolute Gasteiger partial charge is 0.272 e. The van der Waals surface area contributed by atoms with Gasteiger partial charge in [0.25, 0.3) is 5.56 Å². The monoisotopic (exact) mass is 530 g/mol. The van der Waals surface area contributed by atoms with E-state index in [2.05, 4.69) is 0 Å². The molecule has 0 bridgehead atoms. The van der Waals surface area contributed by atoms with Crippen molar-refractivity contribution in [3.8, 4) is 0 Å². The van der Waals surface area contributed by atoms with Crippen molar-refractivity contribution in [2.75, 3.05) is 0 Å². The zero-order valence-electron chi connectivity index (χ0n) is 19.6. The van der Waals surface area contributed by atoms with Crippen LogP contribution in [0.1, 0.15) is 42.0 Å². The van der Waals surface area contributed by atoms with Gasteiger partial charge in [-0.1, -0.05) is 59.3 Å². The van der Waals surface area contributed by atoms with E-state index in [1.165, 1.54) is 35.6 Å². The van der Waals surface area contributed by atoms with Gasteiger partial charge in [-0.15, -0.1) is 0 Å². The molecule has 6 rings (SSSR count). The Morgan fingerprint density at radius 3 is 2.19 bits per heavy atom. The van der Waals surface area contributed by atoms with Crippen LogP contribution in [0.15, 0.2) is 99.4 Å². The van der Waals surface area contributed by atoms with Crippen molar-refractivity contribution < 1.29 is 8.78 Å². The van der Waals surface area contributed by atoms with Gasteiger partial charge < -0.3 is 0 Å². The molecule has 2 aliphatic rings. The quantitative estimate of drug-likeness (QED) is 0.301. The van der Waals surface area contributed by atoms with E-state index >= 15 is 0 Å². The molecule has 0 saturated heterocycles. The summed E-state index contributed by atoms with van der Waals surface area (Å²) in [5, 5.41) is 0.628. The summed E-state index contributed by atoms with van der Waals surface area (Å²) in [6.07, 6.45) is 6.40. The van der Waals surface area contributed by atoms with Crippen LogP contribution in [0.5, 0.6) is 0 Å². The van der Waals surface area contributed by atoms with Crippen LogP contribution < -0.4 is 14.9 Å². The Kier molecular flexibility index (Phi) is 6.22. The Bertz CT molecular complexity index is 1730. The highest BCUT2D eigenvalue weighted by atomic mass is 35.5. The number of aromatic nitrogens is 1. The van der Waals surface area contributed by atoms with E-state index in [9.17, 15) is 13.6 Å². The molecule has 0 radical (unpaired) electrons. The van der Waals surface area contributed by atoms with E-state index in [-0.39, 0.29) is 23.2 Å². The Morgan fingerprint density at radius 1 is 0.865 bits per heavy atom. The topological polar surface area (TPSA) is 34.4 Å². The average Bonchev–Trinajstić information content (AvgIpc) is 3.21. The van der Waals surface area contributed by atoms with Gasteiger partial charge in [0.1, 0.15) is 11.6 Å². The van der Waals surface area contributed by atoms with Gasteiger partial charge in [0.05, 0.1) is 16.3 Å². The molecule has 0 amide bonds. The van der Waals surface area contributed by atoms with Gasteiger partial charge in [-0.05, 0) is 95.6 Å². The Balaban J connectivity index is 1.57. The number of hydrogen-bond donors (Lipinski definition) is 0. The second-order valence-corrected chi connectivity index (χ2v) is 10.6. The van der Waals surface area contributed by atoms with Gasteiger partial charge in [0.15, 0.2) is 4.80 Å². The first kappa shape index (κ1) is 23.8. The van der Waals surface area contributed by atoms with Gasteiger partial charge in [0, 0.05) is 5.02 Å². The molecule has 1 atom stereocenters. The van der Waals surface area contributed by atoms with Gasteiger partial charge in [0.2, 0.25) is 0 Å². The second kappa shape index (κ2) is 9.69. The number of halogens is 3. The van der Waals surface area contributed by atoms with Crippen LogP contribution in [0.3, 0.4) is 0 Å². The van der Waals surface area contributed by atoms with Gasteiger partial charge >= 0.3 is 0 Å². The third-order valence-electron chi connectivity index (χ3n) is 6.70. The maximum Gasteiger partial charge on any atom is 0.271 e.